The molecule has 1 aliphatic rings. The van der Waals surface area contributed by atoms with Gasteiger partial charge in [0.05, 0.1) is 11.7 Å². The Bertz CT molecular complexity index is 415. The zero-order chi connectivity index (χ0) is 13.8. The monoisotopic (exact) mass is 280 g/mol. The van der Waals surface area contributed by atoms with E-state index in [9.17, 15) is 18.0 Å². The van der Waals surface area contributed by atoms with Gasteiger partial charge in [0.1, 0.15) is 6.04 Å². The van der Waals surface area contributed by atoms with Gasteiger partial charge in [-0.05, 0) is 12.8 Å². The number of carbonyl (C=O) groups excluding carboxylic acids is 1. The van der Waals surface area contributed by atoms with Crippen LogP contribution in [0, 0.1) is 0 Å². The number of carbonyl (C=O) groups is 2. The van der Waals surface area contributed by atoms with Gasteiger partial charge < -0.3 is 15.6 Å². The molecule has 1 fully saturated rings. The molecule has 4 N–H and O–H groups in total. The number of nitrogens with two attached hydrogens (primary N) is 1. The highest BCUT2D eigenvalue weighted by atomic mass is 32.2. The number of hydrogen-bond donors (Lipinski definition) is 3. The molecule has 1 aliphatic heterocycles. The number of primary amides is 1. The molecule has 1 rings (SSSR count). The molecule has 9 heteroatoms. The fraction of sp³-hybridized carbons (Fsp3) is 0.778. The van der Waals surface area contributed by atoms with E-state index in [1.165, 1.54) is 0 Å². The van der Waals surface area contributed by atoms with E-state index in [2.05, 4.69) is 0 Å². The average molecular weight is 280 g/mol. The minimum atomic E-state index is -3.79. The summed E-state index contributed by atoms with van der Waals surface area (Å²) >= 11 is 0. The van der Waals surface area contributed by atoms with E-state index < -0.39 is 39.6 Å². The minimum Gasteiger partial charge on any atom is -0.480 e. The van der Waals surface area contributed by atoms with E-state index in [-0.39, 0.29) is 0 Å². The second-order valence-corrected chi connectivity index (χ2v) is 6.03. The van der Waals surface area contributed by atoms with Crippen molar-refractivity contribution in [2.45, 2.75) is 30.6 Å². The van der Waals surface area contributed by atoms with Gasteiger partial charge in [0.2, 0.25) is 15.9 Å². The zero-order valence-corrected chi connectivity index (χ0v) is 10.5. The summed E-state index contributed by atoms with van der Waals surface area (Å²) in [5.74, 6) is -2.30. The van der Waals surface area contributed by atoms with Gasteiger partial charge in [-0.25, -0.2) is 13.1 Å². The normalized spacial score (nSPS) is 19.3. The Morgan fingerprint density at radius 1 is 1.39 bits per heavy atom. The van der Waals surface area contributed by atoms with Crippen LogP contribution in [0.1, 0.15) is 19.3 Å². The predicted molar refractivity (Wildman–Crippen MR) is 61.1 cm³/mol. The third-order valence-corrected chi connectivity index (χ3v) is 4.58. The molecule has 0 aromatic rings. The van der Waals surface area contributed by atoms with Gasteiger partial charge in [0.25, 0.3) is 0 Å². The Morgan fingerprint density at radius 2 is 1.94 bits per heavy atom. The van der Waals surface area contributed by atoms with Gasteiger partial charge in [-0.3, -0.25) is 9.59 Å². The Morgan fingerprint density at radius 3 is 2.39 bits per heavy atom. The molecule has 1 heterocycles. The van der Waals surface area contributed by atoms with Crippen molar-refractivity contribution in [3.05, 3.63) is 0 Å². The predicted octanol–water partition coefficient (Wildman–Crippen LogP) is -1.59. The van der Waals surface area contributed by atoms with E-state index in [0.717, 1.165) is 0 Å². The fourth-order valence-electron chi connectivity index (χ4n) is 1.66. The van der Waals surface area contributed by atoms with Gasteiger partial charge >= 0.3 is 5.97 Å². The van der Waals surface area contributed by atoms with Gasteiger partial charge in [-0.15, -0.1) is 0 Å². The van der Waals surface area contributed by atoms with Crippen LogP contribution >= 0.6 is 0 Å². The van der Waals surface area contributed by atoms with Crippen LogP contribution in [0.4, 0.5) is 0 Å². The van der Waals surface area contributed by atoms with Crippen molar-refractivity contribution in [2.24, 2.45) is 5.73 Å². The van der Waals surface area contributed by atoms with Crippen molar-refractivity contribution < 1.29 is 27.9 Å². The van der Waals surface area contributed by atoms with E-state index in [4.69, 9.17) is 15.6 Å². The van der Waals surface area contributed by atoms with Gasteiger partial charge in [-0.2, -0.15) is 0 Å². The number of amides is 1. The minimum absolute atomic E-state index is 0.304. The first-order chi connectivity index (χ1) is 8.33. The second kappa shape index (κ2) is 6.12. The molecule has 0 radical (unpaired) electrons. The summed E-state index contributed by atoms with van der Waals surface area (Å²) < 4.78 is 30.8. The van der Waals surface area contributed by atoms with Crippen molar-refractivity contribution >= 4 is 21.9 Å². The van der Waals surface area contributed by atoms with Gasteiger partial charge in [0.15, 0.2) is 0 Å². The fourth-order valence-corrected chi connectivity index (χ4v) is 3.25. The second-order valence-electron chi connectivity index (χ2n) is 4.04. The lowest BCUT2D eigenvalue weighted by Crippen LogP contribution is -2.47. The van der Waals surface area contributed by atoms with Crippen molar-refractivity contribution in [1.82, 2.24) is 4.72 Å². The number of carboxylic acids is 1. The number of aliphatic carboxylic acids is 1. The first-order valence-corrected chi connectivity index (χ1v) is 6.97. The summed E-state index contributed by atoms with van der Waals surface area (Å²) in [4.78, 5) is 21.5. The quantitative estimate of drug-likeness (QED) is 0.537. The summed E-state index contributed by atoms with van der Waals surface area (Å²) in [7, 11) is -3.79. The summed E-state index contributed by atoms with van der Waals surface area (Å²) in [6.07, 6.45) is 0.0360. The smallest absolute Gasteiger partial charge is 0.322 e. The average Bonchev–Trinajstić information content (AvgIpc) is 2.28. The highest BCUT2D eigenvalue weighted by Gasteiger charge is 2.32. The van der Waals surface area contributed by atoms with Crippen molar-refractivity contribution in [1.29, 1.82) is 0 Å². The number of hydrogen-bond acceptors (Lipinski definition) is 5. The largest absolute Gasteiger partial charge is 0.480 e. The molecule has 0 aromatic carbocycles. The third kappa shape index (κ3) is 4.24. The molecule has 1 amide bonds. The highest BCUT2D eigenvalue weighted by Crippen LogP contribution is 2.15. The maximum Gasteiger partial charge on any atom is 0.322 e. The summed E-state index contributed by atoms with van der Waals surface area (Å²) in [6.45, 7) is 0.637. The van der Waals surface area contributed by atoms with Crippen LogP contribution < -0.4 is 10.5 Å². The van der Waals surface area contributed by atoms with Crippen LogP contribution in [0.5, 0.6) is 0 Å². The first-order valence-electron chi connectivity index (χ1n) is 5.43. The lowest BCUT2D eigenvalue weighted by atomic mass is 10.2. The van der Waals surface area contributed by atoms with E-state index >= 15 is 0 Å². The van der Waals surface area contributed by atoms with Crippen molar-refractivity contribution in [3.63, 3.8) is 0 Å². The van der Waals surface area contributed by atoms with Crippen LogP contribution in [0.3, 0.4) is 0 Å². The molecule has 0 saturated carbocycles. The summed E-state index contributed by atoms with van der Waals surface area (Å²) in [6, 6.07) is -1.52. The van der Waals surface area contributed by atoms with Crippen LogP contribution in [0.25, 0.3) is 0 Å². The van der Waals surface area contributed by atoms with E-state index in [0.29, 0.717) is 26.1 Å². The molecule has 0 spiro atoms. The lowest BCUT2D eigenvalue weighted by Gasteiger charge is -2.24. The number of carboxylic acid groups (broad SMARTS) is 1. The molecule has 1 unspecified atom stereocenters. The molecule has 1 saturated heterocycles. The van der Waals surface area contributed by atoms with E-state index in [1.807, 2.05) is 4.72 Å². The number of sulfonamides is 1. The van der Waals surface area contributed by atoms with Crippen LogP contribution in [-0.2, 0) is 24.3 Å². The molecule has 18 heavy (non-hydrogen) atoms. The molecule has 0 bridgehead atoms. The summed E-state index contributed by atoms with van der Waals surface area (Å²) in [5, 5.41) is 8.13. The van der Waals surface area contributed by atoms with Crippen LogP contribution in [-0.4, -0.2) is 49.9 Å². The molecular weight excluding hydrogens is 264 g/mol. The Labute approximate surface area is 105 Å². The Kier molecular flexibility index (Phi) is 5.05. The third-order valence-electron chi connectivity index (χ3n) is 2.62. The lowest BCUT2D eigenvalue weighted by molar-refractivity contribution is -0.140. The molecule has 0 aliphatic carbocycles. The standard InChI is InChI=1S/C9H16N2O6S/c10-8(12)5-7(9(13)14)11-18(15,16)6-1-3-17-4-2-6/h6-7,11H,1-5H2,(H2,10,12)(H,13,14). The summed E-state index contributed by atoms with van der Waals surface area (Å²) in [5.41, 5.74) is 4.87. The maximum atomic E-state index is 11.9. The first kappa shape index (κ1) is 14.9. The molecule has 1 atom stereocenters. The van der Waals surface area contributed by atoms with Crippen molar-refractivity contribution in [2.75, 3.05) is 13.2 Å². The molecule has 0 aromatic heterocycles. The Balaban J connectivity index is 2.71. The van der Waals surface area contributed by atoms with Gasteiger partial charge in [-0.1, -0.05) is 0 Å². The number of nitrogens with one attached hydrogen (secondary N) is 1. The van der Waals surface area contributed by atoms with Crippen LogP contribution in [0.2, 0.25) is 0 Å². The molecule has 104 valence electrons. The van der Waals surface area contributed by atoms with Gasteiger partial charge in [0, 0.05) is 13.2 Å². The van der Waals surface area contributed by atoms with Crippen LogP contribution in [0.15, 0.2) is 0 Å². The number of ether oxygens (including phenoxy) is 1. The molecule has 8 nitrogen and oxygen atoms in total. The topological polar surface area (TPSA) is 136 Å². The molecular formula is C9H16N2O6S. The number of rotatable bonds is 6. The SMILES string of the molecule is NC(=O)CC(NS(=O)(=O)C1CCOCC1)C(=O)O. The highest BCUT2D eigenvalue weighted by molar-refractivity contribution is 7.90. The van der Waals surface area contributed by atoms with Crippen molar-refractivity contribution in [3.8, 4) is 0 Å². The zero-order valence-electron chi connectivity index (χ0n) is 9.66. The van der Waals surface area contributed by atoms with E-state index in [1.54, 1.807) is 0 Å². The Hall–Kier alpha value is -1.19. The maximum absolute atomic E-state index is 11.9.